The highest BCUT2D eigenvalue weighted by atomic mass is 35.5. The number of halogens is 1. The lowest BCUT2D eigenvalue weighted by molar-refractivity contribution is 0.0698. The molecule has 0 aliphatic rings. The summed E-state index contributed by atoms with van der Waals surface area (Å²) in [6.07, 6.45) is 0.682. The first kappa shape index (κ1) is 25.4. The molecule has 0 unspecified atom stereocenters. The topological polar surface area (TPSA) is 101 Å². The molecule has 0 fully saturated rings. The summed E-state index contributed by atoms with van der Waals surface area (Å²) < 4.78 is 11.2. The number of methoxy groups -OCH3 is 1. The van der Waals surface area contributed by atoms with E-state index in [0.717, 1.165) is 11.1 Å². The van der Waals surface area contributed by atoms with Crippen LogP contribution in [0.4, 0.5) is 0 Å². The van der Waals surface area contributed by atoms with Crippen LogP contribution in [0.3, 0.4) is 0 Å². The third-order valence-corrected chi connectivity index (χ3v) is 5.99. The van der Waals surface area contributed by atoms with Gasteiger partial charge >= 0.3 is 5.97 Å². The van der Waals surface area contributed by atoms with Crippen LogP contribution in [0.25, 0.3) is 10.9 Å². The molecule has 0 radical (unpaired) electrons. The van der Waals surface area contributed by atoms with Gasteiger partial charge in [-0.15, -0.1) is 0 Å². The molecule has 0 spiro atoms. The Morgan fingerprint density at radius 1 is 1.03 bits per heavy atom. The quantitative estimate of drug-likeness (QED) is 0.256. The molecule has 4 aromatic rings. The number of pyridine rings is 1. The second-order valence-corrected chi connectivity index (χ2v) is 8.90. The molecule has 3 aromatic carbocycles. The van der Waals surface area contributed by atoms with Gasteiger partial charge in [-0.25, -0.2) is 4.79 Å². The first-order valence-electron chi connectivity index (χ1n) is 11.5. The number of carbonyl (C=O) groups is 1. The lowest BCUT2D eigenvalue weighted by atomic mass is 10.1. The molecule has 4 rings (SSSR count). The van der Waals surface area contributed by atoms with Crippen molar-refractivity contribution < 1.29 is 24.5 Å². The van der Waals surface area contributed by atoms with Crippen molar-refractivity contribution in [3.8, 4) is 11.5 Å². The van der Waals surface area contributed by atoms with Gasteiger partial charge in [-0.1, -0.05) is 35.9 Å². The van der Waals surface area contributed by atoms with Gasteiger partial charge in [0.05, 0.1) is 23.4 Å². The fourth-order valence-electron chi connectivity index (χ4n) is 3.92. The van der Waals surface area contributed by atoms with E-state index in [-0.39, 0.29) is 17.4 Å². The van der Waals surface area contributed by atoms with Gasteiger partial charge in [0.2, 0.25) is 0 Å². The molecule has 1 heterocycles. The molecule has 8 heteroatoms. The Bertz CT molecular complexity index is 1330. The van der Waals surface area contributed by atoms with Crippen LogP contribution in [0.1, 0.15) is 27.2 Å². The highest BCUT2D eigenvalue weighted by Gasteiger charge is 2.15. The minimum absolute atomic E-state index is 0.0195. The van der Waals surface area contributed by atoms with Gasteiger partial charge in [-0.2, -0.15) is 0 Å². The number of ether oxygens (including phenoxy) is 2. The average Bonchev–Trinajstić information content (AvgIpc) is 2.87. The van der Waals surface area contributed by atoms with E-state index >= 15 is 0 Å². The van der Waals surface area contributed by atoms with Crippen LogP contribution in [0.2, 0.25) is 5.02 Å². The van der Waals surface area contributed by atoms with Crippen molar-refractivity contribution in [1.82, 2.24) is 10.3 Å². The number of carboxylic acid groups (broad SMARTS) is 1. The Morgan fingerprint density at radius 3 is 2.44 bits per heavy atom. The SMILES string of the molecule is COC[C@H](Cc1ccc(O)cc1)NCc1cc(C(=O)O)c2cc(OCc3ccc(Cl)cc3)ccc2n1. The molecule has 3 N–H and O–H groups in total. The van der Waals surface area contributed by atoms with Crippen LogP contribution >= 0.6 is 11.6 Å². The summed E-state index contributed by atoms with van der Waals surface area (Å²) in [5, 5.41) is 23.9. The van der Waals surface area contributed by atoms with Gasteiger partial charge in [0, 0.05) is 30.1 Å². The zero-order valence-corrected chi connectivity index (χ0v) is 20.5. The molecule has 0 saturated heterocycles. The first-order chi connectivity index (χ1) is 17.4. The van der Waals surface area contributed by atoms with Gasteiger partial charge in [0.1, 0.15) is 18.1 Å². The lowest BCUT2D eigenvalue weighted by Crippen LogP contribution is -2.35. The summed E-state index contributed by atoms with van der Waals surface area (Å²) in [7, 11) is 1.63. The number of rotatable bonds is 11. The van der Waals surface area contributed by atoms with Crippen LogP contribution in [-0.2, 0) is 24.3 Å². The third-order valence-electron chi connectivity index (χ3n) is 5.74. The molecule has 0 saturated carbocycles. The van der Waals surface area contributed by atoms with Crippen molar-refractivity contribution in [1.29, 1.82) is 0 Å². The number of phenols is 1. The number of hydrogen-bond acceptors (Lipinski definition) is 6. The highest BCUT2D eigenvalue weighted by Crippen LogP contribution is 2.25. The van der Waals surface area contributed by atoms with E-state index in [0.29, 0.717) is 53.5 Å². The second kappa shape index (κ2) is 11.9. The molecule has 0 aliphatic heterocycles. The number of nitrogens with zero attached hydrogens (tertiary/aromatic N) is 1. The van der Waals surface area contributed by atoms with Crippen LogP contribution in [0.5, 0.6) is 11.5 Å². The second-order valence-electron chi connectivity index (χ2n) is 8.46. The predicted octanol–water partition coefficient (Wildman–Crippen LogP) is 5.22. The molecule has 36 heavy (non-hydrogen) atoms. The van der Waals surface area contributed by atoms with Crippen molar-refractivity contribution in [2.75, 3.05) is 13.7 Å². The van der Waals surface area contributed by atoms with Crippen molar-refractivity contribution in [3.05, 3.63) is 100 Å². The number of aromatic hydroxyl groups is 1. The van der Waals surface area contributed by atoms with Gasteiger partial charge in [-0.3, -0.25) is 4.98 Å². The third kappa shape index (κ3) is 6.73. The first-order valence-corrected chi connectivity index (χ1v) is 11.8. The Balaban J connectivity index is 1.49. The maximum absolute atomic E-state index is 12.1. The van der Waals surface area contributed by atoms with E-state index in [1.54, 1.807) is 55.6 Å². The molecule has 0 amide bonds. The smallest absolute Gasteiger partial charge is 0.336 e. The Kier molecular flexibility index (Phi) is 8.38. The normalized spacial score (nSPS) is 11.9. The van der Waals surface area contributed by atoms with E-state index in [4.69, 9.17) is 21.1 Å². The maximum Gasteiger partial charge on any atom is 0.336 e. The van der Waals surface area contributed by atoms with Gasteiger partial charge in [-0.05, 0) is 66.1 Å². The van der Waals surface area contributed by atoms with Crippen LogP contribution in [0, 0.1) is 0 Å². The molecule has 1 atom stereocenters. The van der Waals surface area contributed by atoms with Gasteiger partial charge < -0.3 is 25.0 Å². The van der Waals surface area contributed by atoms with Crippen LogP contribution in [-0.4, -0.2) is 40.9 Å². The highest BCUT2D eigenvalue weighted by molar-refractivity contribution is 6.30. The van der Waals surface area contributed by atoms with Crippen molar-refractivity contribution in [3.63, 3.8) is 0 Å². The standard InChI is InChI=1S/C28H27ClN2O5/c1-35-17-22(12-18-4-8-23(32)9-5-18)30-15-21-13-26(28(33)34)25-14-24(10-11-27(25)31-21)36-16-19-2-6-20(29)7-3-19/h2-11,13-14,22,30,32H,12,15-17H2,1H3,(H,33,34)/t22-/m0/s1. The number of phenolic OH excluding ortho intramolecular Hbond substituents is 1. The van der Waals surface area contributed by atoms with E-state index in [1.165, 1.54) is 0 Å². The number of benzene rings is 3. The van der Waals surface area contributed by atoms with Crippen molar-refractivity contribution in [2.45, 2.75) is 25.6 Å². The molecular formula is C28H27ClN2O5. The molecule has 186 valence electrons. The monoisotopic (exact) mass is 506 g/mol. The summed E-state index contributed by atoms with van der Waals surface area (Å²) in [6.45, 7) is 1.17. The summed E-state index contributed by atoms with van der Waals surface area (Å²) in [5.74, 6) is -0.257. The molecule has 7 nitrogen and oxygen atoms in total. The average molecular weight is 507 g/mol. The van der Waals surface area contributed by atoms with E-state index in [2.05, 4.69) is 10.3 Å². The van der Waals surface area contributed by atoms with Crippen molar-refractivity contribution >= 4 is 28.5 Å². The minimum Gasteiger partial charge on any atom is -0.508 e. The summed E-state index contributed by atoms with van der Waals surface area (Å²) in [6, 6.07) is 21.2. The Morgan fingerprint density at radius 2 is 1.75 bits per heavy atom. The number of hydrogen-bond donors (Lipinski definition) is 3. The van der Waals surface area contributed by atoms with Crippen molar-refractivity contribution in [2.24, 2.45) is 0 Å². The number of fused-ring (bicyclic) bond motifs is 1. The maximum atomic E-state index is 12.1. The molecule has 1 aromatic heterocycles. The Hall–Kier alpha value is -3.65. The number of carboxylic acids is 1. The number of nitrogens with one attached hydrogen (secondary N) is 1. The zero-order valence-electron chi connectivity index (χ0n) is 19.8. The largest absolute Gasteiger partial charge is 0.508 e. The fraction of sp³-hybridized carbons (Fsp3) is 0.214. The number of aromatic nitrogens is 1. The summed E-state index contributed by atoms with van der Waals surface area (Å²) >= 11 is 5.93. The molecular weight excluding hydrogens is 480 g/mol. The van der Waals surface area contributed by atoms with Gasteiger partial charge in [0.15, 0.2) is 0 Å². The molecule has 0 bridgehead atoms. The van der Waals surface area contributed by atoms with E-state index in [9.17, 15) is 15.0 Å². The van der Waals surface area contributed by atoms with Crippen LogP contribution in [0.15, 0.2) is 72.8 Å². The van der Waals surface area contributed by atoms with E-state index in [1.807, 2.05) is 24.3 Å². The number of aromatic carboxylic acids is 1. The fourth-order valence-corrected chi connectivity index (χ4v) is 4.05. The molecule has 0 aliphatic carbocycles. The lowest BCUT2D eigenvalue weighted by Gasteiger charge is -2.18. The summed E-state index contributed by atoms with van der Waals surface area (Å²) in [5.41, 5.74) is 3.35. The van der Waals surface area contributed by atoms with E-state index < -0.39 is 5.97 Å². The zero-order chi connectivity index (χ0) is 25.5. The predicted molar refractivity (Wildman–Crippen MR) is 139 cm³/mol. The van der Waals surface area contributed by atoms with Gasteiger partial charge in [0.25, 0.3) is 0 Å². The van der Waals surface area contributed by atoms with Crippen LogP contribution < -0.4 is 10.1 Å². The Labute approximate surface area is 214 Å². The minimum atomic E-state index is -1.03. The summed E-state index contributed by atoms with van der Waals surface area (Å²) in [4.78, 5) is 16.7.